The second-order valence-electron chi connectivity index (χ2n) is 2.86. The molecule has 0 saturated carbocycles. The van der Waals surface area contributed by atoms with Crippen LogP contribution in [0.25, 0.3) is 0 Å². The van der Waals surface area contributed by atoms with Gasteiger partial charge in [-0.2, -0.15) is 0 Å². The van der Waals surface area contributed by atoms with Gasteiger partial charge in [0, 0.05) is 12.6 Å². The summed E-state index contributed by atoms with van der Waals surface area (Å²) in [5, 5.41) is 3.22. The van der Waals surface area contributed by atoms with Crippen LogP contribution in [-0.2, 0) is 9.53 Å². The van der Waals surface area contributed by atoms with Crippen molar-refractivity contribution >= 4 is 5.97 Å². The van der Waals surface area contributed by atoms with Crippen molar-refractivity contribution < 1.29 is 9.53 Å². The van der Waals surface area contributed by atoms with Crippen molar-refractivity contribution in [3.05, 3.63) is 12.2 Å². The lowest BCUT2D eigenvalue weighted by Gasteiger charge is -1.99. The molecule has 0 spiro atoms. The van der Waals surface area contributed by atoms with Crippen molar-refractivity contribution in [1.82, 2.24) is 5.32 Å². The predicted molar refractivity (Wildman–Crippen MR) is 46.7 cm³/mol. The molecule has 1 aliphatic rings. The normalized spacial score (nSPS) is 23.2. The summed E-state index contributed by atoms with van der Waals surface area (Å²) in [7, 11) is 0. The first kappa shape index (κ1) is 9.26. The Morgan fingerprint density at radius 1 is 1.75 bits per heavy atom. The number of esters is 1. The molecule has 0 aromatic heterocycles. The molecule has 1 fully saturated rings. The Kier molecular flexibility index (Phi) is 3.80. The average Bonchev–Trinajstić information content (AvgIpc) is 2.53. The smallest absolute Gasteiger partial charge is 0.330 e. The van der Waals surface area contributed by atoms with Crippen molar-refractivity contribution in [3.63, 3.8) is 0 Å². The molecule has 1 N–H and O–H groups in total. The van der Waals surface area contributed by atoms with E-state index in [9.17, 15) is 4.79 Å². The minimum Gasteiger partial charge on any atom is -0.463 e. The van der Waals surface area contributed by atoms with E-state index >= 15 is 0 Å². The van der Waals surface area contributed by atoms with Crippen LogP contribution in [0.4, 0.5) is 0 Å². The van der Waals surface area contributed by atoms with Gasteiger partial charge >= 0.3 is 5.97 Å². The summed E-state index contributed by atoms with van der Waals surface area (Å²) in [5.74, 6) is 0.277. The van der Waals surface area contributed by atoms with Gasteiger partial charge in [-0.25, -0.2) is 4.79 Å². The van der Waals surface area contributed by atoms with Gasteiger partial charge in [0.2, 0.25) is 0 Å². The zero-order valence-electron chi connectivity index (χ0n) is 7.38. The second-order valence-corrected chi connectivity index (χ2v) is 2.86. The molecule has 1 atom stereocenters. The lowest BCUT2D eigenvalue weighted by molar-refractivity contribution is -0.137. The van der Waals surface area contributed by atoms with Crippen LogP contribution in [0.15, 0.2) is 12.2 Å². The monoisotopic (exact) mass is 169 g/mol. The van der Waals surface area contributed by atoms with Crippen LogP contribution in [0.3, 0.4) is 0 Å². The van der Waals surface area contributed by atoms with Gasteiger partial charge in [-0.05, 0) is 25.8 Å². The first-order valence-electron chi connectivity index (χ1n) is 4.38. The number of ether oxygens (including phenoxy) is 1. The highest BCUT2D eigenvalue weighted by Crippen LogP contribution is 2.08. The Morgan fingerprint density at radius 3 is 3.17 bits per heavy atom. The molecule has 0 aromatic carbocycles. The summed E-state index contributed by atoms with van der Waals surface area (Å²) < 4.78 is 4.76. The van der Waals surface area contributed by atoms with Crippen molar-refractivity contribution in [1.29, 1.82) is 0 Å². The highest BCUT2D eigenvalue weighted by Gasteiger charge is 2.10. The molecule has 3 nitrogen and oxygen atoms in total. The maximum Gasteiger partial charge on any atom is 0.330 e. The van der Waals surface area contributed by atoms with Gasteiger partial charge in [0.05, 0.1) is 6.61 Å². The maximum atomic E-state index is 10.9. The minimum atomic E-state index is -0.232. The van der Waals surface area contributed by atoms with E-state index in [1.807, 2.05) is 13.0 Å². The predicted octanol–water partition coefficient (Wildman–Crippen LogP) is 0.715. The van der Waals surface area contributed by atoms with E-state index in [4.69, 9.17) is 4.74 Å². The molecular formula is C9H15NO2. The number of nitrogens with one attached hydrogen (secondary N) is 1. The van der Waals surface area contributed by atoms with Gasteiger partial charge < -0.3 is 10.1 Å². The van der Waals surface area contributed by atoms with Gasteiger partial charge in [-0.3, -0.25) is 0 Å². The molecule has 0 aromatic rings. The zero-order chi connectivity index (χ0) is 8.81. The quantitative estimate of drug-likeness (QED) is 0.499. The van der Waals surface area contributed by atoms with Crippen LogP contribution in [0.1, 0.15) is 13.3 Å². The SMILES string of the molecule is CCOC(=O)C=CC1CCNC1. The molecule has 1 unspecified atom stereocenters. The van der Waals surface area contributed by atoms with Crippen LogP contribution in [0.5, 0.6) is 0 Å². The van der Waals surface area contributed by atoms with Crippen molar-refractivity contribution in [2.45, 2.75) is 13.3 Å². The van der Waals surface area contributed by atoms with Crippen molar-refractivity contribution in [2.75, 3.05) is 19.7 Å². The standard InChI is InChI=1S/C9H15NO2/c1-2-12-9(11)4-3-8-5-6-10-7-8/h3-4,8,10H,2,5-7H2,1H3. The largest absolute Gasteiger partial charge is 0.463 e. The van der Waals surface area contributed by atoms with Crippen molar-refractivity contribution in [2.24, 2.45) is 5.92 Å². The Morgan fingerprint density at radius 2 is 2.58 bits per heavy atom. The molecule has 1 saturated heterocycles. The molecule has 0 aliphatic carbocycles. The fourth-order valence-electron chi connectivity index (χ4n) is 1.25. The van der Waals surface area contributed by atoms with Gasteiger partial charge in [0.15, 0.2) is 0 Å². The molecule has 0 bridgehead atoms. The van der Waals surface area contributed by atoms with E-state index in [-0.39, 0.29) is 5.97 Å². The van der Waals surface area contributed by atoms with E-state index in [2.05, 4.69) is 5.32 Å². The Balaban J connectivity index is 2.23. The number of hydrogen-bond donors (Lipinski definition) is 1. The lowest BCUT2D eigenvalue weighted by Crippen LogP contribution is -2.08. The fourth-order valence-corrected chi connectivity index (χ4v) is 1.25. The second kappa shape index (κ2) is 4.93. The van der Waals surface area contributed by atoms with Gasteiger partial charge in [0.1, 0.15) is 0 Å². The molecular weight excluding hydrogens is 154 g/mol. The van der Waals surface area contributed by atoms with Gasteiger partial charge in [-0.1, -0.05) is 6.08 Å². The summed E-state index contributed by atoms with van der Waals surface area (Å²) in [5.41, 5.74) is 0. The molecule has 68 valence electrons. The minimum absolute atomic E-state index is 0.232. The van der Waals surface area contributed by atoms with Crippen LogP contribution in [0.2, 0.25) is 0 Å². The molecule has 1 aliphatic heterocycles. The third-order valence-electron chi connectivity index (χ3n) is 1.89. The first-order valence-corrected chi connectivity index (χ1v) is 4.38. The molecule has 12 heavy (non-hydrogen) atoms. The van der Waals surface area contributed by atoms with Crippen molar-refractivity contribution in [3.8, 4) is 0 Å². The summed E-state index contributed by atoms with van der Waals surface area (Å²) in [6, 6.07) is 0. The highest BCUT2D eigenvalue weighted by atomic mass is 16.5. The topological polar surface area (TPSA) is 38.3 Å². The third kappa shape index (κ3) is 3.05. The van der Waals surface area contributed by atoms with E-state index in [0.29, 0.717) is 12.5 Å². The fraction of sp³-hybridized carbons (Fsp3) is 0.667. The number of hydrogen-bond acceptors (Lipinski definition) is 3. The average molecular weight is 169 g/mol. The summed E-state index contributed by atoms with van der Waals surface area (Å²) in [6.45, 7) is 4.29. The van der Waals surface area contributed by atoms with Gasteiger partial charge in [0.25, 0.3) is 0 Å². The maximum absolute atomic E-state index is 10.9. The van der Waals surface area contributed by atoms with Crippen LogP contribution < -0.4 is 5.32 Å². The summed E-state index contributed by atoms with van der Waals surface area (Å²) >= 11 is 0. The number of carbonyl (C=O) groups excluding carboxylic acids is 1. The molecule has 1 heterocycles. The van der Waals surface area contributed by atoms with E-state index in [0.717, 1.165) is 19.5 Å². The number of rotatable bonds is 3. The Hall–Kier alpha value is -0.830. The number of carbonyl (C=O) groups is 1. The van der Waals surface area contributed by atoms with E-state index in [1.165, 1.54) is 6.08 Å². The molecule has 0 radical (unpaired) electrons. The van der Waals surface area contributed by atoms with E-state index in [1.54, 1.807) is 0 Å². The molecule has 0 amide bonds. The first-order chi connectivity index (χ1) is 5.83. The van der Waals surface area contributed by atoms with E-state index < -0.39 is 0 Å². The summed E-state index contributed by atoms with van der Waals surface area (Å²) in [4.78, 5) is 10.9. The molecule has 3 heteroatoms. The van der Waals surface area contributed by atoms with Gasteiger partial charge in [-0.15, -0.1) is 0 Å². The summed E-state index contributed by atoms with van der Waals surface area (Å²) in [6.07, 6.45) is 4.58. The van der Waals surface area contributed by atoms with Crippen LogP contribution in [-0.4, -0.2) is 25.7 Å². The molecule has 1 rings (SSSR count). The van der Waals surface area contributed by atoms with Crippen LogP contribution in [0, 0.1) is 5.92 Å². The zero-order valence-corrected chi connectivity index (χ0v) is 7.38. The lowest BCUT2D eigenvalue weighted by atomic mass is 10.1. The highest BCUT2D eigenvalue weighted by molar-refractivity contribution is 5.81. The third-order valence-corrected chi connectivity index (χ3v) is 1.89. The Bertz CT molecular complexity index is 171. The Labute approximate surface area is 72.8 Å². The van der Waals surface area contributed by atoms with Crippen LogP contribution >= 0.6 is 0 Å².